The summed E-state index contributed by atoms with van der Waals surface area (Å²) in [6.45, 7) is 13.6. The molecule has 0 amide bonds. The Kier molecular flexibility index (Phi) is 5.15. The van der Waals surface area contributed by atoms with Gasteiger partial charge in [0.1, 0.15) is 5.82 Å². The molecule has 0 bridgehead atoms. The number of aryl methyl sites for hydroxylation is 1. The Morgan fingerprint density at radius 3 is 2.00 bits per heavy atom. The molecule has 120 valence electrons. The summed E-state index contributed by atoms with van der Waals surface area (Å²) in [4.78, 5) is 17.5. The fourth-order valence-corrected chi connectivity index (χ4v) is 1.65. The smallest absolute Gasteiger partial charge is 0.231 e. The lowest BCUT2D eigenvalue weighted by atomic mass is 9.76. The molecule has 6 heteroatoms. The van der Waals surface area contributed by atoms with Crippen LogP contribution in [0, 0.1) is 12.3 Å². The number of nitrogens with one attached hydrogen (secondary N) is 1. The van der Waals surface area contributed by atoms with Gasteiger partial charge in [0.15, 0.2) is 0 Å². The third-order valence-electron chi connectivity index (χ3n) is 3.87. The molecule has 0 aliphatic heterocycles. The zero-order valence-electron chi connectivity index (χ0n) is 14.9. The van der Waals surface area contributed by atoms with Crippen LogP contribution >= 0.6 is 0 Å². The number of hydrogen-bond acceptors (Lipinski definition) is 6. The molecule has 21 heavy (non-hydrogen) atoms. The van der Waals surface area contributed by atoms with Crippen LogP contribution in [0.3, 0.4) is 0 Å². The zero-order chi connectivity index (χ0) is 16.4. The van der Waals surface area contributed by atoms with E-state index in [1.165, 1.54) is 0 Å². The van der Waals surface area contributed by atoms with Gasteiger partial charge in [-0.15, -0.1) is 0 Å². The van der Waals surface area contributed by atoms with Crippen LogP contribution < -0.4 is 10.2 Å². The molecular weight excluding hydrogens is 264 g/mol. The predicted molar refractivity (Wildman–Crippen MR) is 88.7 cm³/mol. The van der Waals surface area contributed by atoms with E-state index in [-0.39, 0.29) is 11.0 Å². The third kappa shape index (κ3) is 4.81. The first-order chi connectivity index (χ1) is 9.42. The van der Waals surface area contributed by atoms with Crippen molar-refractivity contribution in [2.24, 2.45) is 5.41 Å². The predicted octanol–water partition coefficient (Wildman–Crippen LogP) is 2.37. The molecule has 0 saturated heterocycles. The van der Waals surface area contributed by atoms with E-state index in [1.807, 2.05) is 33.0 Å². The van der Waals surface area contributed by atoms with Crippen molar-refractivity contribution in [1.29, 1.82) is 0 Å². The molecule has 0 radical (unpaired) electrons. The van der Waals surface area contributed by atoms with E-state index in [9.17, 15) is 0 Å². The van der Waals surface area contributed by atoms with Crippen molar-refractivity contribution in [3.63, 3.8) is 0 Å². The zero-order valence-corrected chi connectivity index (χ0v) is 14.9. The minimum Gasteiger partial charge on any atom is -0.349 e. The number of nitrogens with zero attached hydrogens (tertiary/aromatic N) is 5. The quantitative estimate of drug-likeness (QED) is 0.841. The first-order valence-electron chi connectivity index (χ1n) is 7.29. The molecule has 0 fully saturated rings. The Labute approximate surface area is 129 Å². The summed E-state index contributed by atoms with van der Waals surface area (Å²) < 4.78 is 0. The van der Waals surface area contributed by atoms with Crippen molar-refractivity contribution in [3.8, 4) is 0 Å². The summed E-state index contributed by atoms with van der Waals surface area (Å²) >= 11 is 0. The van der Waals surface area contributed by atoms with Crippen LogP contribution in [0.5, 0.6) is 0 Å². The fraction of sp³-hybridized carbons (Fsp3) is 0.800. The first kappa shape index (κ1) is 17.6. The molecule has 1 rings (SSSR count). The molecule has 0 aliphatic carbocycles. The van der Waals surface area contributed by atoms with Gasteiger partial charge in [-0.2, -0.15) is 15.0 Å². The summed E-state index contributed by atoms with van der Waals surface area (Å²) in [5.74, 6) is 2.03. The van der Waals surface area contributed by atoms with Crippen LogP contribution in [0.4, 0.5) is 11.9 Å². The summed E-state index contributed by atoms with van der Waals surface area (Å²) in [5, 5.41) is 3.45. The molecule has 0 aromatic carbocycles. The summed E-state index contributed by atoms with van der Waals surface area (Å²) in [5.41, 5.74) is -0.0403. The van der Waals surface area contributed by atoms with Gasteiger partial charge in [-0.1, -0.05) is 20.8 Å². The standard InChI is InChI=1S/C15H30N6/c1-11-16-12(19-15(5,6)14(2,3)4)18-13(17-11)21(9)10-20(7)8/h10H2,1-9H3,(H,16,17,18,19). The Bertz CT molecular complexity index is 476. The third-order valence-corrected chi connectivity index (χ3v) is 3.87. The molecule has 0 aliphatic rings. The van der Waals surface area contributed by atoms with E-state index in [0.717, 1.165) is 12.5 Å². The van der Waals surface area contributed by atoms with E-state index in [0.29, 0.717) is 11.9 Å². The van der Waals surface area contributed by atoms with Gasteiger partial charge in [-0.3, -0.25) is 4.90 Å². The fourth-order valence-electron chi connectivity index (χ4n) is 1.65. The van der Waals surface area contributed by atoms with Gasteiger partial charge in [0.25, 0.3) is 0 Å². The molecule has 1 aromatic rings. The SMILES string of the molecule is Cc1nc(NC(C)(C)C(C)(C)C)nc(N(C)CN(C)C)n1. The summed E-state index contributed by atoms with van der Waals surface area (Å²) in [6, 6.07) is 0. The van der Waals surface area contributed by atoms with E-state index in [1.54, 1.807) is 0 Å². The normalized spacial score (nSPS) is 12.7. The van der Waals surface area contributed by atoms with Crippen molar-refractivity contribution in [2.45, 2.75) is 47.1 Å². The van der Waals surface area contributed by atoms with Crippen molar-refractivity contribution < 1.29 is 0 Å². The maximum atomic E-state index is 4.55. The summed E-state index contributed by atoms with van der Waals surface area (Å²) in [6.07, 6.45) is 0. The Balaban J connectivity index is 3.03. The Morgan fingerprint density at radius 1 is 0.952 bits per heavy atom. The van der Waals surface area contributed by atoms with Gasteiger partial charge in [0.2, 0.25) is 11.9 Å². The van der Waals surface area contributed by atoms with E-state index < -0.39 is 0 Å². The van der Waals surface area contributed by atoms with Crippen LogP contribution in [0.15, 0.2) is 0 Å². The van der Waals surface area contributed by atoms with Crippen LogP contribution in [0.2, 0.25) is 0 Å². The van der Waals surface area contributed by atoms with Crippen LogP contribution in [-0.4, -0.2) is 53.2 Å². The molecule has 6 nitrogen and oxygen atoms in total. The second-order valence-corrected chi connectivity index (χ2v) is 7.43. The minimum absolute atomic E-state index is 0.0865. The summed E-state index contributed by atoms with van der Waals surface area (Å²) in [7, 11) is 6.02. The van der Waals surface area contributed by atoms with Crippen LogP contribution in [0.1, 0.15) is 40.4 Å². The maximum absolute atomic E-state index is 4.55. The van der Waals surface area contributed by atoms with Crippen LogP contribution in [-0.2, 0) is 0 Å². The highest BCUT2D eigenvalue weighted by Crippen LogP contribution is 2.32. The molecule has 0 atom stereocenters. The van der Waals surface area contributed by atoms with Crippen molar-refractivity contribution >= 4 is 11.9 Å². The molecular formula is C15H30N6. The minimum atomic E-state index is -0.127. The van der Waals surface area contributed by atoms with Gasteiger partial charge >= 0.3 is 0 Å². The average Bonchev–Trinajstić information content (AvgIpc) is 2.24. The number of hydrogen-bond donors (Lipinski definition) is 1. The molecule has 1 heterocycles. The molecule has 0 spiro atoms. The van der Waals surface area contributed by atoms with Gasteiger partial charge in [0, 0.05) is 12.6 Å². The van der Waals surface area contributed by atoms with Crippen LogP contribution in [0.25, 0.3) is 0 Å². The highest BCUT2D eigenvalue weighted by Gasteiger charge is 2.33. The highest BCUT2D eigenvalue weighted by molar-refractivity contribution is 5.38. The Morgan fingerprint density at radius 2 is 1.52 bits per heavy atom. The largest absolute Gasteiger partial charge is 0.349 e. The average molecular weight is 294 g/mol. The first-order valence-corrected chi connectivity index (χ1v) is 7.29. The van der Waals surface area contributed by atoms with E-state index >= 15 is 0 Å². The van der Waals surface area contributed by atoms with Gasteiger partial charge in [-0.25, -0.2) is 0 Å². The van der Waals surface area contributed by atoms with Gasteiger partial charge in [0.05, 0.1) is 6.67 Å². The van der Waals surface area contributed by atoms with Crippen molar-refractivity contribution in [3.05, 3.63) is 5.82 Å². The molecule has 0 unspecified atom stereocenters. The second kappa shape index (κ2) is 6.13. The second-order valence-electron chi connectivity index (χ2n) is 7.43. The molecule has 1 aromatic heterocycles. The van der Waals surface area contributed by atoms with Crippen molar-refractivity contribution in [1.82, 2.24) is 19.9 Å². The number of anilines is 2. The van der Waals surface area contributed by atoms with Gasteiger partial charge < -0.3 is 10.2 Å². The lowest BCUT2D eigenvalue weighted by Gasteiger charge is -2.39. The Hall–Kier alpha value is -1.43. The van der Waals surface area contributed by atoms with E-state index in [4.69, 9.17) is 0 Å². The monoisotopic (exact) mass is 294 g/mol. The van der Waals surface area contributed by atoms with Crippen molar-refractivity contribution in [2.75, 3.05) is 38.0 Å². The lowest BCUT2D eigenvalue weighted by molar-refractivity contribution is 0.253. The molecule has 1 N–H and O–H groups in total. The number of aromatic nitrogens is 3. The highest BCUT2D eigenvalue weighted by atomic mass is 15.4. The lowest BCUT2D eigenvalue weighted by Crippen LogP contribution is -2.44. The van der Waals surface area contributed by atoms with E-state index in [2.05, 4.69) is 59.8 Å². The topological polar surface area (TPSA) is 57.2 Å². The van der Waals surface area contributed by atoms with Gasteiger partial charge in [-0.05, 0) is 40.3 Å². The maximum Gasteiger partial charge on any atom is 0.231 e. The number of rotatable bonds is 5. The molecule has 0 saturated carbocycles.